The van der Waals surface area contributed by atoms with Gasteiger partial charge in [-0.05, 0) is 26.0 Å². The topological polar surface area (TPSA) is 104 Å². The van der Waals surface area contributed by atoms with E-state index >= 15 is 0 Å². The third kappa shape index (κ3) is 3.24. The monoisotopic (exact) mass is 365 g/mol. The Morgan fingerprint density at radius 2 is 2.12 bits per heavy atom. The molecular formula is C16H20ClN5O3. The number of aryl methyl sites for hydroxylation is 1. The average Bonchev–Trinajstić information content (AvgIpc) is 3.04. The zero-order chi connectivity index (χ0) is 16.7. The molecule has 1 atom stereocenters. The normalized spacial score (nSPS) is 20.8. The second kappa shape index (κ2) is 7.07. The minimum absolute atomic E-state index is 0. The Labute approximate surface area is 150 Å². The number of piperazine rings is 1. The Morgan fingerprint density at radius 1 is 1.28 bits per heavy atom. The second-order valence-electron chi connectivity index (χ2n) is 6.34. The molecule has 25 heavy (non-hydrogen) atoms. The number of H-pyrrole nitrogens is 1. The van der Waals surface area contributed by atoms with Gasteiger partial charge >= 0.3 is 0 Å². The molecule has 1 fully saturated rings. The van der Waals surface area contributed by atoms with Gasteiger partial charge in [-0.3, -0.25) is 14.5 Å². The number of hydrogen-bond donors (Lipinski definition) is 2. The minimum atomic E-state index is -0.297. The molecule has 0 amide bonds. The highest BCUT2D eigenvalue weighted by Crippen LogP contribution is 2.24. The van der Waals surface area contributed by atoms with Crippen LogP contribution in [0.5, 0.6) is 0 Å². The molecule has 0 saturated carbocycles. The van der Waals surface area contributed by atoms with Gasteiger partial charge in [0.05, 0.1) is 6.04 Å². The zero-order valence-corrected chi connectivity index (χ0v) is 14.7. The summed E-state index contributed by atoms with van der Waals surface area (Å²) in [5.41, 5.74) is 1.23. The lowest BCUT2D eigenvalue weighted by Crippen LogP contribution is -2.44. The van der Waals surface area contributed by atoms with Crippen molar-refractivity contribution < 1.29 is 9.32 Å². The number of ketones is 1. The third-order valence-corrected chi connectivity index (χ3v) is 4.74. The third-order valence-electron chi connectivity index (χ3n) is 4.74. The Balaban J connectivity index is 0.00000182. The lowest BCUT2D eigenvalue weighted by atomic mass is 9.94. The first-order chi connectivity index (χ1) is 11.6. The Hall–Kier alpha value is -2.03. The number of carbonyl (C=O) groups excluding carboxylic acids is 1. The molecule has 1 saturated heterocycles. The molecule has 8 nitrogen and oxygen atoms in total. The van der Waals surface area contributed by atoms with Crippen molar-refractivity contribution in [3.63, 3.8) is 0 Å². The van der Waals surface area contributed by atoms with E-state index in [9.17, 15) is 9.59 Å². The fraction of sp³-hybridized carbons (Fsp3) is 0.500. The van der Waals surface area contributed by atoms with Crippen LogP contribution in [0.15, 0.2) is 15.4 Å². The summed E-state index contributed by atoms with van der Waals surface area (Å²) in [7, 11) is 2.01. The van der Waals surface area contributed by atoms with E-state index in [1.54, 1.807) is 6.07 Å². The smallest absolute Gasteiger partial charge is 0.263 e. The van der Waals surface area contributed by atoms with Crippen LogP contribution in [0.1, 0.15) is 40.8 Å². The van der Waals surface area contributed by atoms with Crippen LogP contribution in [0.25, 0.3) is 11.5 Å². The van der Waals surface area contributed by atoms with Gasteiger partial charge in [-0.15, -0.1) is 12.4 Å². The van der Waals surface area contributed by atoms with Gasteiger partial charge in [0, 0.05) is 37.3 Å². The number of fused-ring (bicyclic) bond motifs is 1. The summed E-state index contributed by atoms with van der Waals surface area (Å²) in [4.78, 5) is 33.7. The Morgan fingerprint density at radius 3 is 2.92 bits per heavy atom. The number of aromatic nitrogens is 3. The van der Waals surface area contributed by atoms with Crippen molar-refractivity contribution in [2.75, 3.05) is 26.7 Å². The SMILES string of the molecule is CN1CCNCC1c1noc(-c2cc3c([nH]c2=O)CCCC3=O)n1.Cl. The predicted molar refractivity (Wildman–Crippen MR) is 93.1 cm³/mol. The fourth-order valence-corrected chi connectivity index (χ4v) is 3.31. The summed E-state index contributed by atoms with van der Waals surface area (Å²) in [5.74, 6) is 0.749. The van der Waals surface area contributed by atoms with Crippen LogP contribution in [0.4, 0.5) is 0 Å². The van der Waals surface area contributed by atoms with Gasteiger partial charge in [0.1, 0.15) is 5.56 Å². The van der Waals surface area contributed by atoms with E-state index in [1.807, 2.05) is 7.05 Å². The molecule has 0 bridgehead atoms. The van der Waals surface area contributed by atoms with Crippen LogP contribution in [0.2, 0.25) is 0 Å². The minimum Gasteiger partial charge on any atom is -0.334 e. The predicted octanol–water partition coefficient (Wildman–Crippen LogP) is 0.942. The maximum Gasteiger partial charge on any atom is 0.263 e. The maximum atomic E-state index is 12.3. The van der Waals surface area contributed by atoms with Crippen molar-refractivity contribution in [3.05, 3.63) is 33.5 Å². The number of pyridine rings is 1. The summed E-state index contributed by atoms with van der Waals surface area (Å²) >= 11 is 0. The molecule has 1 aliphatic heterocycles. The van der Waals surface area contributed by atoms with Crippen LogP contribution >= 0.6 is 12.4 Å². The number of nitrogens with zero attached hydrogens (tertiary/aromatic N) is 3. The van der Waals surface area contributed by atoms with Crippen molar-refractivity contribution in [1.82, 2.24) is 25.3 Å². The van der Waals surface area contributed by atoms with Crippen LogP contribution in [-0.2, 0) is 6.42 Å². The molecular weight excluding hydrogens is 346 g/mol. The fourth-order valence-electron chi connectivity index (χ4n) is 3.31. The molecule has 0 radical (unpaired) electrons. The molecule has 2 aliphatic rings. The summed E-state index contributed by atoms with van der Waals surface area (Å²) in [5, 5.41) is 7.33. The highest BCUT2D eigenvalue weighted by molar-refractivity contribution is 5.98. The van der Waals surface area contributed by atoms with Crippen molar-refractivity contribution in [1.29, 1.82) is 0 Å². The molecule has 134 valence electrons. The molecule has 0 aromatic carbocycles. The maximum absolute atomic E-state index is 12.3. The van der Waals surface area contributed by atoms with Crippen molar-refractivity contribution in [2.45, 2.75) is 25.3 Å². The standard InChI is InChI=1S/C16H19N5O3.ClH/c1-21-6-5-17-8-12(21)14-19-16(24-20-14)10-7-9-11(18-15(10)23)3-2-4-13(9)22;/h7,12,17H,2-6,8H2,1H3,(H,18,23);1H. The number of nitrogens with one attached hydrogen (secondary N) is 2. The Bertz CT molecular complexity index is 847. The van der Waals surface area contributed by atoms with E-state index in [2.05, 4.69) is 25.3 Å². The van der Waals surface area contributed by atoms with Gasteiger partial charge in [-0.2, -0.15) is 4.98 Å². The van der Waals surface area contributed by atoms with Crippen LogP contribution in [0.3, 0.4) is 0 Å². The molecule has 1 unspecified atom stereocenters. The lowest BCUT2D eigenvalue weighted by Gasteiger charge is -2.30. The van der Waals surface area contributed by atoms with E-state index in [0.717, 1.165) is 26.1 Å². The van der Waals surface area contributed by atoms with Crippen LogP contribution in [-0.4, -0.2) is 52.5 Å². The summed E-state index contributed by atoms with van der Waals surface area (Å²) < 4.78 is 5.31. The number of carbonyl (C=O) groups is 1. The number of Topliss-reactive ketones (excluding diaryl/α,β-unsaturated/α-hetero) is 1. The first-order valence-electron chi connectivity index (χ1n) is 8.18. The first kappa shape index (κ1) is 17.8. The quantitative estimate of drug-likeness (QED) is 0.816. The first-order valence-corrected chi connectivity index (χ1v) is 8.18. The van der Waals surface area contributed by atoms with E-state index in [0.29, 0.717) is 29.9 Å². The molecule has 4 rings (SSSR count). The Kier molecular flexibility index (Phi) is 5.03. The van der Waals surface area contributed by atoms with Crippen LogP contribution in [0, 0.1) is 0 Å². The van der Waals surface area contributed by atoms with Crippen molar-refractivity contribution in [3.8, 4) is 11.5 Å². The van der Waals surface area contributed by atoms with Crippen LogP contribution < -0.4 is 10.9 Å². The molecule has 3 heterocycles. The summed E-state index contributed by atoms with van der Waals surface area (Å²) in [6.45, 7) is 2.54. The second-order valence-corrected chi connectivity index (χ2v) is 6.34. The molecule has 0 spiro atoms. The number of likely N-dealkylation sites (N-methyl/N-ethyl adjacent to an activating group) is 1. The molecule has 9 heteroatoms. The average molecular weight is 366 g/mol. The van der Waals surface area contributed by atoms with E-state index in [4.69, 9.17) is 4.52 Å². The van der Waals surface area contributed by atoms with Gasteiger partial charge in [0.15, 0.2) is 11.6 Å². The number of halogens is 1. The highest BCUT2D eigenvalue weighted by atomic mass is 35.5. The van der Waals surface area contributed by atoms with Gasteiger partial charge < -0.3 is 14.8 Å². The largest absolute Gasteiger partial charge is 0.334 e. The van der Waals surface area contributed by atoms with Gasteiger partial charge in [0.25, 0.3) is 11.4 Å². The molecule has 2 aromatic rings. The molecule has 2 N–H and O–H groups in total. The summed E-state index contributed by atoms with van der Waals surface area (Å²) in [6, 6.07) is 1.60. The van der Waals surface area contributed by atoms with Gasteiger partial charge in [0.2, 0.25) is 0 Å². The van der Waals surface area contributed by atoms with Gasteiger partial charge in [-0.1, -0.05) is 5.16 Å². The lowest BCUT2D eigenvalue weighted by molar-refractivity contribution is 0.0971. The van der Waals surface area contributed by atoms with Crippen molar-refractivity contribution >= 4 is 18.2 Å². The zero-order valence-electron chi connectivity index (χ0n) is 13.9. The van der Waals surface area contributed by atoms with Crippen molar-refractivity contribution in [2.24, 2.45) is 0 Å². The highest BCUT2D eigenvalue weighted by Gasteiger charge is 2.27. The molecule has 2 aromatic heterocycles. The number of rotatable bonds is 2. The van der Waals surface area contributed by atoms with Gasteiger partial charge in [-0.25, -0.2) is 0 Å². The van der Waals surface area contributed by atoms with E-state index in [1.165, 1.54) is 0 Å². The number of hydrogen-bond acceptors (Lipinski definition) is 7. The van der Waals surface area contributed by atoms with E-state index < -0.39 is 0 Å². The molecule has 1 aliphatic carbocycles. The van der Waals surface area contributed by atoms with E-state index in [-0.39, 0.29) is 41.2 Å². The number of aromatic amines is 1. The summed E-state index contributed by atoms with van der Waals surface area (Å²) in [6.07, 6.45) is 1.99.